The van der Waals surface area contributed by atoms with Crippen molar-refractivity contribution >= 4 is 5.91 Å². The van der Waals surface area contributed by atoms with Crippen LogP contribution in [0.2, 0.25) is 0 Å². The maximum atomic E-state index is 13.2. The van der Waals surface area contributed by atoms with Gasteiger partial charge in [-0.05, 0) is 48.5 Å². The molecule has 0 unspecified atom stereocenters. The third-order valence-corrected chi connectivity index (χ3v) is 4.44. The monoisotopic (exact) mass is 376 g/mol. The highest BCUT2D eigenvalue weighted by molar-refractivity contribution is 5.94. The van der Waals surface area contributed by atoms with Crippen LogP contribution in [0, 0.1) is 5.82 Å². The second-order valence-electron chi connectivity index (χ2n) is 6.35. The highest BCUT2D eigenvalue weighted by Gasteiger charge is 2.16. The summed E-state index contributed by atoms with van der Waals surface area (Å²) < 4.78 is 14.9. The highest BCUT2D eigenvalue weighted by atomic mass is 19.1. The summed E-state index contributed by atoms with van der Waals surface area (Å²) >= 11 is 0. The Kier molecular flexibility index (Phi) is 4.67. The number of benzene rings is 2. The summed E-state index contributed by atoms with van der Waals surface area (Å²) in [6, 6.07) is 13.4. The van der Waals surface area contributed by atoms with Gasteiger partial charge in [-0.15, -0.1) is 10.2 Å². The van der Waals surface area contributed by atoms with E-state index in [9.17, 15) is 9.18 Å². The molecule has 2 heterocycles. The van der Waals surface area contributed by atoms with Gasteiger partial charge in [0.15, 0.2) is 0 Å². The SMILES string of the molecule is CN(Cc1cn[nH]c1-c1ccc(F)cc1)C(=O)c1ccc(-n2cnnc2)cc1. The molecule has 1 N–H and O–H groups in total. The first-order valence-electron chi connectivity index (χ1n) is 8.60. The van der Waals surface area contributed by atoms with E-state index in [1.807, 2.05) is 12.1 Å². The highest BCUT2D eigenvalue weighted by Crippen LogP contribution is 2.23. The molecule has 140 valence electrons. The van der Waals surface area contributed by atoms with Crippen LogP contribution in [0.5, 0.6) is 0 Å². The van der Waals surface area contributed by atoms with Gasteiger partial charge >= 0.3 is 0 Å². The van der Waals surface area contributed by atoms with Crippen molar-refractivity contribution in [3.8, 4) is 16.9 Å². The van der Waals surface area contributed by atoms with Crippen molar-refractivity contribution in [3.05, 3.63) is 84.3 Å². The van der Waals surface area contributed by atoms with Crippen molar-refractivity contribution in [2.75, 3.05) is 7.05 Å². The molecule has 2 aromatic heterocycles. The number of carbonyl (C=O) groups is 1. The van der Waals surface area contributed by atoms with Crippen molar-refractivity contribution in [2.24, 2.45) is 0 Å². The number of H-pyrrole nitrogens is 1. The summed E-state index contributed by atoms with van der Waals surface area (Å²) in [5.74, 6) is -0.409. The van der Waals surface area contributed by atoms with E-state index in [0.29, 0.717) is 12.1 Å². The van der Waals surface area contributed by atoms with Crippen LogP contribution < -0.4 is 0 Å². The van der Waals surface area contributed by atoms with Gasteiger partial charge in [0.25, 0.3) is 5.91 Å². The van der Waals surface area contributed by atoms with Gasteiger partial charge in [-0.25, -0.2) is 4.39 Å². The molecule has 0 aliphatic rings. The fourth-order valence-corrected chi connectivity index (χ4v) is 2.96. The van der Waals surface area contributed by atoms with Gasteiger partial charge in [0.1, 0.15) is 18.5 Å². The molecule has 0 radical (unpaired) electrons. The van der Waals surface area contributed by atoms with Crippen molar-refractivity contribution in [2.45, 2.75) is 6.54 Å². The zero-order chi connectivity index (χ0) is 19.5. The van der Waals surface area contributed by atoms with E-state index in [1.54, 1.807) is 59.6 Å². The largest absolute Gasteiger partial charge is 0.337 e. The van der Waals surface area contributed by atoms with Crippen LogP contribution in [-0.4, -0.2) is 42.8 Å². The fraction of sp³-hybridized carbons (Fsp3) is 0.100. The van der Waals surface area contributed by atoms with Crippen LogP contribution in [0.25, 0.3) is 16.9 Å². The molecule has 0 saturated heterocycles. The second-order valence-corrected chi connectivity index (χ2v) is 6.35. The molecule has 0 aliphatic carbocycles. The van der Waals surface area contributed by atoms with E-state index in [4.69, 9.17) is 0 Å². The molecule has 0 fully saturated rings. The first-order valence-corrected chi connectivity index (χ1v) is 8.60. The Morgan fingerprint density at radius 2 is 1.75 bits per heavy atom. The quantitative estimate of drug-likeness (QED) is 0.581. The van der Waals surface area contributed by atoms with Gasteiger partial charge in [0, 0.05) is 36.0 Å². The van der Waals surface area contributed by atoms with E-state index in [0.717, 1.165) is 22.5 Å². The van der Waals surface area contributed by atoms with Gasteiger partial charge in [-0.1, -0.05) is 0 Å². The van der Waals surface area contributed by atoms with Gasteiger partial charge in [0.05, 0.1) is 11.9 Å². The standard InChI is InChI=1S/C20H17FN6O/c1-26(11-16-10-22-25-19(16)14-2-6-17(21)7-3-14)20(28)15-4-8-18(9-5-15)27-12-23-24-13-27/h2-10,12-13H,11H2,1H3,(H,22,25). The summed E-state index contributed by atoms with van der Waals surface area (Å²) in [6.45, 7) is 0.370. The smallest absolute Gasteiger partial charge is 0.253 e. The average Bonchev–Trinajstić information content (AvgIpc) is 3.40. The second kappa shape index (κ2) is 7.43. The lowest BCUT2D eigenvalue weighted by Gasteiger charge is -2.17. The lowest BCUT2D eigenvalue weighted by Crippen LogP contribution is -2.26. The molecule has 0 aliphatic heterocycles. The molecule has 0 saturated carbocycles. The number of aromatic amines is 1. The van der Waals surface area contributed by atoms with Crippen LogP contribution in [0.3, 0.4) is 0 Å². The lowest BCUT2D eigenvalue weighted by molar-refractivity contribution is 0.0785. The van der Waals surface area contributed by atoms with Crippen LogP contribution in [0.1, 0.15) is 15.9 Å². The van der Waals surface area contributed by atoms with E-state index < -0.39 is 0 Å². The number of aromatic nitrogens is 5. The van der Waals surface area contributed by atoms with Crippen LogP contribution in [-0.2, 0) is 6.54 Å². The van der Waals surface area contributed by atoms with Crippen molar-refractivity contribution in [1.29, 1.82) is 0 Å². The van der Waals surface area contributed by atoms with Gasteiger partial charge in [0.2, 0.25) is 0 Å². The summed E-state index contributed by atoms with van der Waals surface area (Å²) in [4.78, 5) is 14.4. The van der Waals surface area contributed by atoms with Gasteiger partial charge in [-0.2, -0.15) is 5.10 Å². The van der Waals surface area contributed by atoms with Crippen molar-refractivity contribution < 1.29 is 9.18 Å². The summed E-state index contributed by atoms with van der Waals surface area (Å²) in [7, 11) is 1.73. The number of nitrogens with one attached hydrogen (secondary N) is 1. The number of halogens is 1. The molecule has 28 heavy (non-hydrogen) atoms. The Morgan fingerprint density at radius 1 is 1.07 bits per heavy atom. The first kappa shape index (κ1) is 17.6. The van der Waals surface area contributed by atoms with Gasteiger partial charge in [-0.3, -0.25) is 14.5 Å². The fourth-order valence-electron chi connectivity index (χ4n) is 2.96. The molecule has 1 amide bonds. The van der Waals surface area contributed by atoms with Crippen molar-refractivity contribution in [1.82, 2.24) is 29.9 Å². The molecule has 8 heteroatoms. The summed E-state index contributed by atoms with van der Waals surface area (Å²) in [5, 5.41) is 14.5. The first-order chi connectivity index (χ1) is 13.6. The Balaban J connectivity index is 1.50. The predicted molar refractivity (Wildman–Crippen MR) is 101 cm³/mol. The number of carbonyl (C=O) groups excluding carboxylic acids is 1. The van der Waals surface area contributed by atoms with Crippen LogP contribution in [0.4, 0.5) is 4.39 Å². The maximum Gasteiger partial charge on any atom is 0.253 e. The molecule has 0 atom stereocenters. The Hall–Kier alpha value is -3.81. The number of hydrogen-bond donors (Lipinski definition) is 1. The van der Waals surface area contributed by atoms with E-state index >= 15 is 0 Å². The molecule has 4 aromatic rings. The number of amides is 1. The van der Waals surface area contributed by atoms with Gasteiger partial charge < -0.3 is 4.90 Å². The Bertz CT molecular complexity index is 1070. The minimum Gasteiger partial charge on any atom is -0.337 e. The summed E-state index contributed by atoms with van der Waals surface area (Å²) in [5.41, 5.74) is 3.88. The molecule has 4 rings (SSSR count). The third kappa shape index (κ3) is 3.52. The topological polar surface area (TPSA) is 79.7 Å². The van der Waals surface area contributed by atoms with E-state index in [-0.39, 0.29) is 11.7 Å². The molecule has 0 spiro atoms. The molecular formula is C20H17FN6O. The van der Waals surface area contributed by atoms with Crippen LogP contribution in [0.15, 0.2) is 67.4 Å². The molecular weight excluding hydrogens is 359 g/mol. The maximum absolute atomic E-state index is 13.2. The zero-order valence-corrected chi connectivity index (χ0v) is 15.1. The number of hydrogen-bond acceptors (Lipinski definition) is 4. The van der Waals surface area contributed by atoms with E-state index in [2.05, 4.69) is 20.4 Å². The zero-order valence-electron chi connectivity index (χ0n) is 15.1. The minimum atomic E-state index is -0.299. The van der Waals surface area contributed by atoms with Crippen LogP contribution >= 0.6 is 0 Å². The number of nitrogens with zero attached hydrogens (tertiary/aromatic N) is 5. The minimum absolute atomic E-state index is 0.110. The molecule has 7 nitrogen and oxygen atoms in total. The normalized spacial score (nSPS) is 10.8. The third-order valence-electron chi connectivity index (χ3n) is 4.44. The lowest BCUT2D eigenvalue weighted by atomic mass is 10.1. The predicted octanol–water partition coefficient (Wildman–Crippen LogP) is 3.07. The van der Waals surface area contributed by atoms with E-state index in [1.165, 1.54) is 12.1 Å². The Morgan fingerprint density at radius 3 is 2.43 bits per heavy atom. The average molecular weight is 376 g/mol. The van der Waals surface area contributed by atoms with Crippen molar-refractivity contribution in [3.63, 3.8) is 0 Å². The summed E-state index contributed by atoms with van der Waals surface area (Å²) in [6.07, 6.45) is 4.87. The number of rotatable bonds is 5. The Labute approximate surface area is 160 Å². The molecule has 0 bridgehead atoms. The molecule has 2 aromatic carbocycles.